The van der Waals surface area contributed by atoms with Crippen molar-refractivity contribution >= 4 is 22.5 Å². The number of nitrogens with one attached hydrogen (secondary N) is 3. The molecule has 0 bridgehead atoms. The fraction of sp³-hybridized carbons (Fsp3) is 0.500. The predicted octanol–water partition coefficient (Wildman–Crippen LogP) is 2.67. The molecule has 5 nitrogen and oxygen atoms in total. The van der Waals surface area contributed by atoms with Crippen LogP contribution in [0.4, 0.5) is 5.69 Å². The van der Waals surface area contributed by atoms with E-state index >= 15 is 0 Å². The van der Waals surface area contributed by atoms with Gasteiger partial charge in [-0.2, -0.15) is 5.10 Å². The van der Waals surface area contributed by atoms with Crippen molar-refractivity contribution in [1.29, 1.82) is 0 Å². The van der Waals surface area contributed by atoms with Crippen LogP contribution in [0.3, 0.4) is 0 Å². The van der Waals surface area contributed by atoms with Crippen molar-refractivity contribution < 1.29 is 4.79 Å². The first-order chi connectivity index (χ1) is 10.2. The summed E-state index contributed by atoms with van der Waals surface area (Å²) >= 11 is 0. The zero-order valence-electron chi connectivity index (χ0n) is 12.4. The first-order valence-electron chi connectivity index (χ1n) is 7.69. The van der Waals surface area contributed by atoms with Crippen LogP contribution in [0.2, 0.25) is 0 Å². The summed E-state index contributed by atoms with van der Waals surface area (Å²) in [4.78, 5) is 12.8. The minimum absolute atomic E-state index is 0.135. The van der Waals surface area contributed by atoms with E-state index in [2.05, 4.69) is 27.8 Å². The Morgan fingerprint density at radius 2 is 2.38 bits per heavy atom. The van der Waals surface area contributed by atoms with Crippen LogP contribution in [0.5, 0.6) is 0 Å². The van der Waals surface area contributed by atoms with Gasteiger partial charge in [0.2, 0.25) is 5.91 Å². The molecule has 5 heteroatoms. The van der Waals surface area contributed by atoms with Gasteiger partial charge in [0.05, 0.1) is 17.1 Å². The molecule has 0 spiro atoms. The number of benzene rings is 1. The molecule has 3 N–H and O–H groups in total. The number of fused-ring (bicyclic) bond motifs is 1. The molecular weight excluding hydrogens is 264 g/mol. The number of aromatic amines is 1. The third kappa shape index (κ3) is 2.78. The van der Waals surface area contributed by atoms with Gasteiger partial charge < -0.3 is 10.6 Å². The fourth-order valence-electron chi connectivity index (χ4n) is 3.25. The van der Waals surface area contributed by atoms with E-state index in [1.54, 1.807) is 6.20 Å². The van der Waals surface area contributed by atoms with Crippen LogP contribution in [0.25, 0.3) is 10.9 Å². The molecule has 0 radical (unpaired) electrons. The molecule has 3 rings (SSSR count). The van der Waals surface area contributed by atoms with Crippen molar-refractivity contribution in [2.45, 2.75) is 32.6 Å². The lowest BCUT2D eigenvalue weighted by Gasteiger charge is -2.36. The number of H-pyrrole nitrogens is 1. The summed E-state index contributed by atoms with van der Waals surface area (Å²) in [6.45, 7) is 3.93. The molecule has 2 heterocycles. The average Bonchev–Trinajstić information content (AvgIpc) is 2.96. The number of carbonyl (C=O) groups is 1. The smallest absolute Gasteiger partial charge is 0.231 e. The highest BCUT2D eigenvalue weighted by Crippen LogP contribution is 2.33. The van der Waals surface area contributed by atoms with Crippen LogP contribution in [0.15, 0.2) is 24.4 Å². The average molecular weight is 286 g/mol. The van der Waals surface area contributed by atoms with E-state index in [9.17, 15) is 4.79 Å². The van der Waals surface area contributed by atoms with Gasteiger partial charge in [-0.25, -0.2) is 0 Å². The molecule has 1 atom stereocenters. The van der Waals surface area contributed by atoms with E-state index in [1.807, 2.05) is 18.2 Å². The molecule has 21 heavy (non-hydrogen) atoms. The SMILES string of the molecule is CCCC1(C(=O)Nc2ccc3cn[nH]c3c2)CCCNC1. The first kappa shape index (κ1) is 14.1. The number of hydrogen-bond acceptors (Lipinski definition) is 3. The first-order valence-corrected chi connectivity index (χ1v) is 7.69. The Labute approximate surface area is 124 Å². The maximum atomic E-state index is 12.8. The Hall–Kier alpha value is -1.88. The second-order valence-corrected chi connectivity index (χ2v) is 5.94. The fourth-order valence-corrected chi connectivity index (χ4v) is 3.25. The van der Waals surface area contributed by atoms with E-state index < -0.39 is 0 Å². The molecule has 0 saturated carbocycles. The minimum atomic E-state index is -0.268. The Kier molecular flexibility index (Phi) is 3.92. The Morgan fingerprint density at radius 1 is 1.48 bits per heavy atom. The van der Waals surface area contributed by atoms with E-state index in [0.717, 1.165) is 55.4 Å². The lowest BCUT2D eigenvalue weighted by molar-refractivity contribution is -0.127. The number of carbonyl (C=O) groups excluding carboxylic acids is 1. The van der Waals surface area contributed by atoms with Gasteiger partial charge in [-0.05, 0) is 44.0 Å². The minimum Gasteiger partial charge on any atom is -0.325 e. The summed E-state index contributed by atoms with van der Waals surface area (Å²) in [5.74, 6) is 0.135. The highest BCUT2D eigenvalue weighted by Gasteiger charge is 2.38. The predicted molar refractivity (Wildman–Crippen MR) is 84.2 cm³/mol. The van der Waals surface area contributed by atoms with Crippen molar-refractivity contribution in [3.63, 3.8) is 0 Å². The second-order valence-electron chi connectivity index (χ2n) is 5.94. The van der Waals surface area contributed by atoms with Crippen molar-refractivity contribution in [3.05, 3.63) is 24.4 Å². The van der Waals surface area contributed by atoms with Crippen LogP contribution in [-0.4, -0.2) is 29.2 Å². The number of nitrogens with zero attached hydrogens (tertiary/aromatic N) is 1. The maximum Gasteiger partial charge on any atom is 0.231 e. The van der Waals surface area contributed by atoms with E-state index in [4.69, 9.17) is 0 Å². The summed E-state index contributed by atoms with van der Waals surface area (Å²) in [5.41, 5.74) is 1.51. The Balaban J connectivity index is 1.79. The third-order valence-electron chi connectivity index (χ3n) is 4.38. The molecule has 1 fully saturated rings. The van der Waals surface area contributed by atoms with Gasteiger partial charge in [-0.15, -0.1) is 0 Å². The Bertz CT molecular complexity index is 622. The van der Waals surface area contributed by atoms with Crippen molar-refractivity contribution in [3.8, 4) is 0 Å². The van der Waals surface area contributed by atoms with Gasteiger partial charge in [-0.3, -0.25) is 9.89 Å². The molecule has 1 saturated heterocycles. The van der Waals surface area contributed by atoms with E-state index in [-0.39, 0.29) is 11.3 Å². The highest BCUT2D eigenvalue weighted by molar-refractivity contribution is 5.97. The molecular formula is C16H22N4O. The highest BCUT2D eigenvalue weighted by atomic mass is 16.2. The summed E-state index contributed by atoms with van der Waals surface area (Å²) in [5, 5.41) is 14.5. The van der Waals surface area contributed by atoms with Gasteiger partial charge in [0.1, 0.15) is 0 Å². The summed E-state index contributed by atoms with van der Waals surface area (Å²) in [7, 11) is 0. The van der Waals surface area contributed by atoms with Crippen LogP contribution in [0.1, 0.15) is 32.6 Å². The van der Waals surface area contributed by atoms with Gasteiger partial charge in [0, 0.05) is 17.6 Å². The molecule has 2 aromatic rings. The van der Waals surface area contributed by atoms with Crippen LogP contribution in [0, 0.1) is 5.41 Å². The second kappa shape index (κ2) is 5.85. The van der Waals surface area contributed by atoms with E-state index in [1.165, 1.54) is 0 Å². The molecule has 1 aromatic carbocycles. The normalized spacial score (nSPS) is 22.3. The molecule has 0 aliphatic carbocycles. The zero-order chi connectivity index (χ0) is 14.7. The van der Waals surface area contributed by atoms with Crippen LogP contribution in [-0.2, 0) is 4.79 Å². The molecule has 1 unspecified atom stereocenters. The quantitative estimate of drug-likeness (QED) is 0.809. The van der Waals surface area contributed by atoms with Gasteiger partial charge in [-0.1, -0.05) is 13.3 Å². The lowest BCUT2D eigenvalue weighted by Crippen LogP contribution is -2.48. The molecule has 1 aromatic heterocycles. The number of anilines is 1. The van der Waals surface area contributed by atoms with Gasteiger partial charge >= 0.3 is 0 Å². The molecule has 1 amide bonds. The van der Waals surface area contributed by atoms with Crippen molar-refractivity contribution in [2.75, 3.05) is 18.4 Å². The summed E-state index contributed by atoms with van der Waals surface area (Å²) in [6, 6.07) is 5.85. The topological polar surface area (TPSA) is 69.8 Å². The van der Waals surface area contributed by atoms with Gasteiger partial charge in [0.15, 0.2) is 0 Å². The lowest BCUT2D eigenvalue weighted by atomic mass is 9.76. The molecule has 112 valence electrons. The monoisotopic (exact) mass is 286 g/mol. The number of amides is 1. The van der Waals surface area contributed by atoms with Crippen molar-refractivity contribution in [1.82, 2.24) is 15.5 Å². The largest absolute Gasteiger partial charge is 0.325 e. The van der Waals surface area contributed by atoms with E-state index in [0.29, 0.717) is 0 Å². The number of piperidine rings is 1. The molecule has 1 aliphatic rings. The zero-order valence-corrected chi connectivity index (χ0v) is 12.4. The number of aromatic nitrogens is 2. The van der Waals surface area contributed by atoms with Crippen LogP contribution < -0.4 is 10.6 Å². The molecule has 1 aliphatic heterocycles. The van der Waals surface area contributed by atoms with Gasteiger partial charge in [0.25, 0.3) is 0 Å². The van der Waals surface area contributed by atoms with Crippen LogP contribution >= 0.6 is 0 Å². The summed E-state index contributed by atoms with van der Waals surface area (Å²) in [6.07, 6.45) is 5.76. The standard InChI is InChI=1S/C16H22N4O/c1-2-6-16(7-3-8-17-11-16)15(21)19-13-5-4-12-10-18-20-14(12)9-13/h4-5,9-10,17H,2-3,6-8,11H2,1H3,(H,18,20)(H,19,21). The third-order valence-corrected chi connectivity index (χ3v) is 4.38. The number of hydrogen-bond donors (Lipinski definition) is 3. The van der Waals surface area contributed by atoms with Crippen molar-refractivity contribution in [2.24, 2.45) is 5.41 Å². The Morgan fingerprint density at radius 3 is 3.14 bits per heavy atom. The maximum absolute atomic E-state index is 12.8. The number of rotatable bonds is 4. The summed E-state index contributed by atoms with van der Waals surface area (Å²) < 4.78 is 0.